The summed E-state index contributed by atoms with van der Waals surface area (Å²) < 4.78 is 15.3. The number of Topliss-reactive ketones (excluding diaryl/α,β-unsaturated/α-hetero) is 1. The lowest BCUT2D eigenvalue weighted by Gasteiger charge is -2.17. The number of hydrogen-bond donors (Lipinski definition) is 0. The molecule has 1 fully saturated rings. The number of ketones is 1. The summed E-state index contributed by atoms with van der Waals surface area (Å²) in [7, 11) is 1.53. The van der Waals surface area contributed by atoms with Gasteiger partial charge in [-0.3, -0.25) is 14.4 Å². The minimum absolute atomic E-state index is 0.00411. The van der Waals surface area contributed by atoms with Crippen LogP contribution in [-0.2, 0) is 19.1 Å². The van der Waals surface area contributed by atoms with Gasteiger partial charge in [-0.1, -0.05) is 6.92 Å². The molecule has 8 heteroatoms. The molecule has 2 aromatic carbocycles. The molecule has 0 spiro atoms. The molecule has 0 saturated carbocycles. The Bertz CT molecular complexity index is 982. The van der Waals surface area contributed by atoms with Crippen molar-refractivity contribution in [1.82, 2.24) is 0 Å². The summed E-state index contributed by atoms with van der Waals surface area (Å²) in [6.07, 6.45) is 0.727. The average molecular weight is 439 g/mol. The molecule has 1 unspecified atom stereocenters. The van der Waals surface area contributed by atoms with Crippen molar-refractivity contribution in [2.24, 2.45) is 5.92 Å². The molecule has 8 nitrogen and oxygen atoms in total. The van der Waals surface area contributed by atoms with Crippen molar-refractivity contribution in [1.29, 1.82) is 0 Å². The average Bonchev–Trinajstić information content (AvgIpc) is 3.22. The highest BCUT2D eigenvalue weighted by molar-refractivity contribution is 6.01. The van der Waals surface area contributed by atoms with Crippen LogP contribution in [0.2, 0.25) is 0 Å². The van der Waals surface area contributed by atoms with Crippen LogP contribution in [0.5, 0.6) is 5.75 Å². The summed E-state index contributed by atoms with van der Waals surface area (Å²) in [4.78, 5) is 50.4. The molecule has 32 heavy (non-hydrogen) atoms. The summed E-state index contributed by atoms with van der Waals surface area (Å²) in [6.45, 7) is 2.00. The molecule has 168 valence electrons. The minimum Gasteiger partial charge on any atom is -0.497 e. The van der Waals surface area contributed by atoms with E-state index in [1.165, 1.54) is 12.0 Å². The van der Waals surface area contributed by atoms with E-state index in [1.807, 2.05) is 6.92 Å². The zero-order valence-electron chi connectivity index (χ0n) is 18.0. The number of ether oxygens (including phenoxy) is 3. The van der Waals surface area contributed by atoms with E-state index in [9.17, 15) is 19.2 Å². The maximum absolute atomic E-state index is 12.4. The first kappa shape index (κ1) is 23.0. The van der Waals surface area contributed by atoms with E-state index >= 15 is 0 Å². The van der Waals surface area contributed by atoms with Crippen LogP contribution in [0, 0.1) is 5.92 Å². The molecule has 0 bridgehead atoms. The largest absolute Gasteiger partial charge is 0.497 e. The molecule has 0 aromatic heterocycles. The number of anilines is 1. The number of methoxy groups -OCH3 is 1. The second kappa shape index (κ2) is 10.6. The van der Waals surface area contributed by atoms with Crippen molar-refractivity contribution < 1.29 is 33.4 Å². The number of esters is 2. The van der Waals surface area contributed by atoms with E-state index in [0.29, 0.717) is 29.2 Å². The highest BCUT2D eigenvalue weighted by Crippen LogP contribution is 2.26. The highest BCUT2D eigenvalue weighted by atomic mass is 16.5. The van der Waals surface area contributed by atoms with Crippen molar-refractivity contribution in [3.8, 4) is 5.75 Å². The molecule has 0 aliphatic carbocycles. The zero-order chi connectivity index (χ0) is 23.1. The van der Waals surface area contributed by atoms with E-state index < -0.39 is 24.5 Å². The minimum atomic E-state index is -0.666. The maximum Gasteiger partial charge on any atom is 0.338 e. The first-order valence-electron chi connectivity index (χ1n) is 10.3. The number of carbonyl (C=O) groups excluding carboxylic acids is 4. The zero-order valence-corrected chi connectivity index (χ0v) is 18.0. The van der Waals surface area contributed by atoms with E-state index in [2.05, 4.69) is 0 Å². The maximum atomic E-state index is 12.4. The predicted octanol–water partition coefficient (Wildman–Crippen LogP) is 3.04. The van der Waals surface area contributed by atoms with Gasteiger partial charge in [-0.25, -0.2) is 4.79 Å². The Labute approximate surface area is 186 Å². The number of amides is 1. The lowest BCUT2D eigenvalue weighted by molar-refractivity contribution is -0.147. The molecule has 1 aliphatic rings. The first-order chi connectivity index (χ1) is 15.4. The quantitative estimate of drug-likeness (QED) is 0.437. The van der Waals surface area contributed by atoms with Crippen LogP contribution in [0.1, 0.15) is 40.5 Å². The molecular formula is C24H25NO7. The van der Waals surface area contributed by atoms with Gasteiger partial charge in [0.05, 0.1) is 25.2 Å². The molecule has 1 saturated heterocycles. The third kappa shape index (κ3) is 5.51. The Kier molecular flexibility index (Phi) is 7.59. The Morgan fingerprint density at radius 3 is 2.25 bits per heavy atom. The summed E-state index contributed by atoms with van der Waals surface area (Å²) in [5.74, 6) is -1.63. The van der Waals surface area contributed by atoms with Crippen LogP contribution in [0.15, 0.2) is 48.5 Å². The van der Waals surface area contributed by atoms with Gasteiger partial charge in [-0.2, -0.15) is 0 Å². The van der Waals surface area contributed by atoms with Gasteiger partial charge in [-0.05, 0) is 55.0 Å². The SMILES string of the molecule is CCCOC(=O)c1ccc(N2CC(C(=O)OCC(=O)c3ccc(OC)cc3)CC2=O)cc1. The van der Waals surface area contributed by atoms with E-state index in [4.69, 9.17) is 14.2 Å². The molecule has 0 N–H and O–H groups in total. The Morgan fingerprint density at radius 2 is 1.62 bits per heavy atom. The Hall–Kier alpha value is -3.68. The number of nitrogens with zero attached hydrogens (tertiary/aromatic N) is 1. The molecule has 0 radical (unpaired) electrons. The molecule has 1 aliphatic heterocycles. The van der Waals surface area contributed by atoms with E-state index in [0.717, 1.165) is 6.42 Å². The van der Waals surface area contributed by atoms with Gasteiger partial charge in [0.15, 0.2) is 12.4 Å². The van der Waals surface area contributed by atoms with E-state index in [1.54, 1.807) is 48.5 Å². The van der Waals surface area contributed by atoms with Crippen LogP contribution in [0.25, 0.3) is 0 Å². The number of carbonyl (C=O) groups is 4. The molecule has 3 rings (SSSR count). The normalized spacial score (nSPS) is 15.4. The lowest BCUT2D eigenvalue weighted by atomic mass is 10.1. The molecule has 1 atom stereocenters. The second-order valence-corrected chi connectivity index (χ2v) is 7.35. The van der Waals surface area contributed by atoms with Gasteiger partial charge < -0.3 is 19.1 Å². The van der Waals surface area contributed by atoms with Gasteiger partial charge in [0.25, 0.3) is 0 Å². The Balaban J connectivity index is 1.54. The van der Waals surface area contributed by atoms with Gasteiger partial charge in [-0.15, -0.1) is 0 Å². The summed E-state index contributed by atoms with van der Waals surface area (Å²) in [5, 5.41) is 0. The van der Waals surface area contributed by atoms with Crippen molar-refractivity contribution in [3.05, 3.63) is 59.7 Å². The fourth-order valence-electron chi connectivity index (χ4n) is 3.29. The number of hydrogen-bond acceptors (Lipinski definition) is 7. The van der Waals surface area contributed by atoms with Crippen LogP contribution in [0.3, 0.4) is 0 Å². The van der Waals surface area contributed by atoms with Crippen molar-refractivity contribution in [3.63, 3.8) is 0 Å². The third-order valence-electron chi connectivity index (χ3n) is 5.07. The predicted molar refractivity (Wildman–Crippen MR) is 116 cm³/mol. The molecule has 1 heterocycles. The standard InChI is InChI=1S/C24H25NO7/c1-3-12-31-23(28)17-4-8-19(9-5-17)25-14-18(13-22(25)27)24(29)32-15-21(26)16-6-10-20(30-2)11-7-16/h4-11,18H,3,12-15H2,1-2H3. The summed E-state index contributed by atoms with van der Waals surface area (Å²) in [5.41, 5.74) is 1.37. The van der Waals surface area contributed by atoms with Crippen LogP contribution in [0.4, 0.5) is 5.69 Å². The van der Waals surface area contributed by atoms with E-state index in [-0.39, 0.29) is 24.7 Å². The van der Waals surface area contributed by atoms with Crippen LogP contribution in [-0.4, -0.2) is 50.5 Å². The summed E-state index contributed by atoms with van der Waals surface area (Å²) in [6, 6.07) is 12.9. The number of rotatable bonds is 9. The fourth-order valence-corrected chi connectivity index (χ4v) is 3.29. The smallest absolute Gasteiger partial charge is 0.338 e. The fraction of sp³-hybridized carbons (Fsp3) is 0.333. The highest BCUT2D eigenvalue weighted by Gasteiger charge is 2.36. The van der Waals surface area contributed by atoms with Crippen molar-refractivity contribution in [2.45, 2.75) is 19.8 Å². The van der Waals surface area contributed by atoms with Gasteiger partial charge in [0, 0.05) is 24.2 Å². The first-order valence-corrected chi connectivity index (χ1v) is 10.3. The van der Waals surface area contributed by atoms with Crippen LogP contribution >= 0.6 is 0 Å². The molecule has 1 amide bonds. The monoisotopic (exact) mass is 439 g/mol. The van der Waals surface area contributed by atoms with Gasteiger partial charge in [0.2, 0.25) is 5.91 Å². The number of benzene rings is 2. The topological polar surface area (TPSA) is 99.2 Å². The molecular weight excluding hydrogens is 414 g/mol. The van der Waals surface area contributed by atoms with Gasteiger partial charge >= 0.3 is 11.9 Å². The van der Waals surface area contributed by atoms with Gasteiger partial charge in [0.1, 0.15) is 5.75 Å². The van der Waals surface area contributed by atoms with Crippen molar-refractivity contribution in [2.75, 3.05) is 31.8 Å². The Morgan fingerprint density at radius 1 is 0.969 bits per heavy atom. The van der Waals surface area contributed by atoms with Crippen LogP contribution < -0.4 is 9.64 Å². The van der Waals surface area contributed by atoms with Crippen molar-refractivity contribution >= 4 is 29.3 Å². The third-order valence-corrected chi connectivity index (χ3v) is 5.07. The molecule has 2 aromatic rings. The summed E-state index contributed by atoms with van der Waals surface area (Å²) >= 11 is 0. The second-order valence-electron chi connectivity index (χ2n) is 7.35. The lowest BCUT2D eigenvalue weighted by Crippen LogP contribution is -2.27.